The third-order valence-corrected chi connectivity index (χ3v) is 4.20. The average molecular weight is 375 g/mol. The standard InChI is InChI=1S/C18H16Cl2N4O/c1-3-24-16(21-2)14-6-4-5-7-15(14)22-18(24)23-17(25)11-8-12(19)10-13(20)9-11/h4-10H,3H2,1-2H3,(H,22,23,25)/b21-16-. The molecule has 1 amide bonds. The minimum Gasteiger partial charge on any atom is -0.296 e. The second kappa shape index (κ2) is 7.25. The Morgan fingerprint density at radius 3 is 2.52 bits per heavy atom. The molecule has 128 valence electrons. The second-order valence-electron chi connectivity index (χ2n) is 5.36. The Morgan fingerprint density at radius 1 is 1.20 bits per heavy atom. The van der Waals surface area contributed by atoms with Crippen LogP contribution in [-0.4, -0.2) is 22.5 Å². The van der Waals surface area contributed by atoms with E-state index in [9.17, 15) is 4.79 Å². The van der Waals surface area contributed by atoms with Gasteiger partial charge in [-0.25, -0.2) is 4.98 Å². The van der Waals surface area contributed by atoms with Gasteiger partial charge in [-0.05, 0) is 37.3 Å². The molecular weight excluding hydrogens is 359 g/mol. The lowest BCUT2D eigenvalue weighted by molar-refractivity contribution is 0.102. The van der Waals surface area contributed by atoms with E-state index in [2.05, 4.69) is 15.3 Å². The molecule has 1 heterocycles. The minimum atomic E-state index is -0.337. The van der Waals surface area contributed by atoms with Crippen LogP contribution in [0.1, 0.15) is 17.3 Å². The molecule has 1 aromatic heterocycles. The molecule has 0 unspecified atom stereocenters. The maximum atomic E-state index is 12.6. The van der Waals surface area contributed by atoms with Gasteiger partial charge in [-0.1, -0.05) is 35.3 Å². The van der Waals surface area contributed by atoms with E-state index in [1.54, 1.807) is 25.2 Å². The van der Waals surface area contributed by atoms with Crippen molar-refractivity contribution >= 4 is 46.0 Å². The zero-order chi connectivity index (χ0) is 18.0. The van der Waals surface area contributed by atoms with Crippen molar-refractivity contribution in [2.45, 2.75) is 13.5 Å². The highest BCUT2D eigenvalue weighted by Gasteiger charge is 2.13. The van der Waals surface area contributed by atoms with E-state index >= 15 is 0 Å². The number of hydrogen-bond donors (Lipinski definition) is 1. The zero-order valence-electron chi connectivity index (χ0n) is 13.8. The fourth-order valence-corrected chi connectivity index (χ4v) is 3.20. The molecule has 0 aliphatic carbocycles. The zero-order valence-corrected chi connectivity index (χ0v) is 15.3. The van der Waals surface area contributed by atoms with Crippen LogP contribution >= 0.6 is 23.2 Å². The number of nitrogens with one attached hydrogen (secondary N) is 1. The first-order valence-electron chi connectivity index (χ1n) is 7.73. The summed E-state index contributed by atoms with van der Waals surface area (Å²) in [7, 11) is 1.72. The second-order valence-corrected chi connectivity index (χ2v) is 6.23. The van der Waals surface area contributed by atoms with Crippen LogP contribution in [0.4, 0.5) is 5.95 Å². The number of hydrogen-bond acceptors (Lipinski definition) is 3. The molecule has 0 saturated heterocycles. The van der Waals surface area contributed by atoms with Crippen LogP contribution < -0.4 is 10.8 Å². The number of fused-ring (bicyclic) bond motifs is 1. The van der Waals surface area contributed by atoms with Crippen LogP contribution in [0.25, 0.3) is 10.9 Å². The number of rotatable bonds is 3. The number of halogens is 2. The summed E-state index contributed by atoms with van der Waals surface area (Å²) in [6.07, 6.45) is 0. The SMILES string of the molecule is CCn1c(NC(=O)c2cc(Cl)cc(Cl)c2)nc2ccccc2/c1=N/C. The molecule has 0 saturated carbocycles. The number of carbonyl (C=O) groups excluding carboxylic acids is 1. The molecule has 0 aliphatic heterocycles. The van der Waals surface area contributed by atoms with Gasteiger partial charge in [0, 0.05) is 34.6 Å². The maximum absolute atomic E-state index is 12.6. The highest BCUT2D eigenvalue weighted by Crippen LogP contribution is 2.20. The van der Waals surface area contributed by atoms with Crippen LogP contribution in [0.15, 0.2) is 47.5 Å². The lowest BCUT2D eigenvalue weighted by atomic mass is 10.2. The van der Waals surface area contributed by atoms with Crippen molar-refractivity contribution in [2.75, 3.05) is 12.4 Å². The van der Waals surface area contributed by atoms with Gasteiger partial charge in [-0.15, -0.1) is 0 Å². The van der Waals surface area contributed by atoms with E-state index in [0.717, 1.165) is 16.4 Å². The van der Waals surface area contributed by atoms with Crippen LogP contribution in [-0.2, 0) is 6.54 Å². The molecule has 2 aromatic carbocycles. The third-order valence-electron chi connectivity index (χ3n) is 3.76. The van der Waals surface area contributed by atoms with Gasteiger partial charge in [0.05, 0.1) is 5.52 Å². The number of anilines is 1. The van der Waals surface area contributed by atoms with Crippen molar-refractivity contribution in [3.63, 3.8) is 0 Å². The smallest absolute Gasteiger partial charge is 0.258 e. The molecule has 0 fully saturated rings. The van der Waals surface area contributed by atoms with Gasteiger partial charge in [0.2, 0.25) is 5.95 Å². The quantitative estimate of drug-likeness (QED) is 0.748. The van der Waals surface area contributed by atoms with E-state index in [-0.39, 0.29) is 5.91 Å². The lowest BCUT2D eigenvalue weighted by Crippen LogP contribution is -2.27. The van der Waals surface area contributed by atoms with Crippen molar-refractivity contribution in [2.24, 2.45) is 4.99 Å². The molecular formula is C18H16Cl2N4O. The number of amides is 1. The fourth-order valence-electron chi connectivity index (χ4n) is 2.68. The molecule has 3 aromatic rings. The van der Waals surface area contributed by atoms with E-state index < -0.39 is 0 Å². The summed E-state index contributed by atoms with van der Waals surface area (Å²) in [5.74, 6) is 0.0827. The summed E-state index contributed by atoms with van der Waals surface area (Å²) in [4.78, 5) is 21.5. The first-order chi connectivity index (χ1) is 12.0. The number of benzene rings is 2. The third kappa shape index (κ3) is 3.52. The van der Waals surface area contributed by atoms with E-state index in [0.29, 0.717) is 28.1 Å². The van der Waals surface area contributed by atoms with Crippen molar-refractivity contribution < 1.29 is 4.79 Å². The normalized spacial score (nSPS) is 11.8. The summed E-state index contributed by atoms with van der Waals surface area (Å²) in [5, 5.41) is 4.56. The van der Waals surface area contributed by atoms with E-state index in [1.807, 2.05) is 35.8 Å². The first-order valence-corrected chi connectivity index (χ1v) is 8.49. The van der Waals surface area contributed by atoms with Crippen molar-refractivity contribution in [1.29, 1.82) is 0 Å². The van der Waals surface area contributed by atoms with Gasteiger partial charge in [0.15, 0.2) is 0 Å². The molecule has 0 spiro atoms. The molecule has 5 nitrogen and oxygen atoms in total. The number of nitrogens with zero attached hydrogens (tertiary/aromatic N) is 3. The largest absolute Gasteiger partial charge is 0.296 e. The van der Waals surface area contributed by atoms with Gasteiger partial charge < -0.3 is 0 Å². The van der Waals surface area contributed by atoms with Crippen LogP contribution in [0, 0.1) is 0 Å². The molecule has 25 heavy (non-hydrogen) atoms. The summed E-state index contributed by atoms with van der Waals surface area (Å²) in [6.45, 7) is 2.58. The summed E-state index contributed by atoms with van der Waals surface area (Å²) >= 11 is 12.0. The van der Waals surface area contributed by atoms with Crippen molar-refractivity contribution in [3.05, 3.63) is 63.6 Å². The van der Waals surface area contributed by atoms with Crippen LogP contribution in [0.2, 0.25) is 10.0 Å². The van der Waals surface area contributed by atoms with Gasteiger partial charge >= 0.3 is 0 Å². The summed E-state index contributed by atoms with van der Waals surface area (Å²) in [5.41, 5.74) is 1.88. The van der Waals surface area contributed by atoms with E-state index in [4.69, 9.17) is 23.2 Å². The van der Waals surface area contributed by atoms with Crippen LogP contribution in [0.5, 0.6) is 0 Å². The highest BCUT2D eigenvalue weighted by atomic mass is 35.5. The average Bonchev–Trinajstić information content (AvgIpc) is 2.59. The Bertz CT molecular complexity index is 1010. The van der Waals surface area contributed by atoms with Gasteiger partial charge in [0.1, 0.15) is 5.49 Å². The predicted octanol–water partition coefficient (Wildman–Crippen LogP) is 4.15. The Balaban J connectivity index is 2.11. The molecule has 7 heteroatoms. The summed E-state index contributed by atoms with van der Waals surface area (Å²) in [6, 6.07) is 12.4. The topological polar surface area (TPSA) is 59.3 Å². The molecule has 3 rings (SSSR count). The highest BCUT2D eigenvalue weighted by molar-refractivity contribution is 6.35. The monoisotopic (exact) mass is 374 g/mol. The van der Waals surface area contributed by atoms with Gasteiger partial charge in [-0.2, -0.15) is 0 Å². The Kier molecular flexibility index (Phi) is 5.06. The molecule has 0 radical (unpaired) electrons. The Hall–Kier alpha value is -2.37. The number of aromatic nitrogens is 2. The van der Waals surface area contributed by atoms with Crippen molar-refractivity contribution in [3.8, 4) is 0 Å². The lowest BCUT2D eigenvalue weighted by Gasteiger charge is -2.14. The number of carbonyl (C=O) groups is 1. The molecule has 0 bridgehead atoms. The molecule has 0 atom stereocenters. The number of para-hydroxylation sites is 1. The molecule has 1 N–H and O–H groups in total. The predicted molar refractivity (Wildman–Crippen MR) is 101 cm³/mol. The van der Waals surface area contributed by atoms with Gasteiger partial charge in [-0.3, -0.25) is 19.7 Å². The Morgan fingerprint density at radius 2 is 1.88 bits per heavy atom. The van der Waals surface area contributed by atoms with Crippen LogP contribution in [0.3, 0.4) is 0 Å². The molecule has 0 aliphatic rings. The fraction of sp³-hybridized carbons (Fsp3) is 0.167. The van der Waals surface area contributed by atoms with E-state index in [1.165, 1.54) is 0 Å². The maximum Gasteiger partial charge on any atom is 0.258 e. The van der Waals surface area contributed by atoms with Crippen molar-refractivity contribution in [1.82, 2.24) is 9.55 Å². The van der Waals surface area contributed by atoms with Gasteiger partial charge in [0.25, 0.3) is 5.91 Å². The summed E-state index contributed by atoms with van der Waals surface area (Å²) < 4.78 is 1.85. The Labute approximate surface area is 154 Å². The first kappa shape index (κ1) is 17.5. The minimum absolute atomic E-state index is 0.337.